The molecule has 0 saturated carbocycles. The fourth-order valence-corrected chi connectivity index (χ4v) is 4.51. The molecule has 1 aliphatic heterocycles. The number of benzene rings is 2. The van der Waals surface area contributed by atoms with Gasteiger partial charge in [-0.1, -0.05) is 50.1 Å². The molecule has 0 atom stereocenters. The molecule has 0 saturated heterocycles. The van der Waals surface area contributed by atoms with Gasteiger partial charge in [0.2, 0.25) is 5.69 Å². The highest BCUT2D eigenvalue weighted by molar-refractivity contribution is 6.05. The highest BCUT2D eigenvalue weighted by Crippen LogP contribution is 2.39. The topological polar surface area (TPSA) is 9.49 Å². The second kappa shape index (κ2) is 10.3. The minimum Gasteiger partial charge on any atom is -0.373 e. The fourth-order valence-electron chi connectivity index (χ4n) is 4.51. The Morgan fingerprint density at radius 1 is 0.871 bits per heavy atom. The summed E-state index contributed by atoms with van der Waals surface area (Å²) in [5.41, 5.74) is 6.57. The van der Waals surface area contributed by atoms with Gasteiger partial charge in [-0.05, 0) is 57.6 Å². The normalized spacial score (nSPS) is 15.2. The molecular weight excluding hydrogens is 378 g/mol. The second-order valence-electron chi connectivity index (χ2n) is 9.44. The highest BCUT2D eigenvalue weighted by atomic mass is 15.2. The molecule has 0 spiro atoms. The molecule has 0 amide bonds. The summed E-state index contributed by atoms with van der Waals surface area (Å²) in [4.78, 5) is 4.79. The molecule has 166 valence electrons. The lowest BCUT2D eigenvalue weighted by Crippen LogP contribution is -2.31. The van der Waals surface area contributed by atoms with Crippen LogP contribution in [0.3, 0.4) is 0 Å². The molecule has 2 aromatic rings. The molecule has 1 heterocycles. The summed E-state index contributed by atoms with van der Waals surface area (Å²) in [5, 5.41) is 0. The van der Waals surface area contributed by atoms with E-state index < -0.39 is 0 Å². The van der Waals surface area contributed by atoms with E-state index in [-0.39, 0.29) is 5.41 Å². The van der Waals surface area contributed by atoms with E-state index in [2.05, 4.69) is 117 Å². The number of para-hydroxylation sites is 1. The van der Waals surface area contributed by atoms with Gasteiger partial charge >= 0.3 is 0 Å². The molecule has 0 unspecified atom stereocenters. The quantitative estimate of drug-likeness (QED) is 0.348. The van der Waals surface area contributed by atoms with E-state index in [1.54, 1.807) is 0 Å². The lowest BCUT2D eigenvalue weighted by atomic mass is 9.81. The van der Waals surface area contributed by atoms with Gasteiger partial charge in [0.05, 0.1) is 5.41 Å². The number of likely N-dealkylation sites (N-methyl/N-ethyl adjacent to an activating group) is 2. The predicted octanol–water partition coefficient (Wildman–Crippen LogP) is 5.96. The van der Waals surface area contributed by atoms with Gasteiger partial charge in [0.25, 0.3) is 0 Å². The van der Waals surface area contributed by atoms with Crippen LogP contribution >= 0.6 is 0 Å². The Hall–Kier alpha value is -2.39. The predicted molar refractivity (Wildman–Crippen MR) is 136 cm³/mol. The van der Waals surface area contributed by atoms with Crippen molar-refractivity contribution in [3.8, 4) is 0 Å². The Labute approximate surface area is 189 Å². The molecule has 3 heteroatoms. The number of fused-ring (bicyclic) bond motifs is 1. The summed E-state index contributed by atoms with van der Waals surface area (Å²) in [7, 11) is 6.59. The summed E-state index contributed by atoms with van der Waals surface area (Å²) in [5.74, 6) is 0. The monoisotopic (exact) mass is 418 g/mol. The second-order valence-corrected chi connectivity index (χ2v) is 9.44. The van der Waals surface area contributed by atoms with Gasteiger partial charge in [0.15, 0.2) is 5.71 Å². The average molecular weight is 419 g/mol. The molecular formula is C28H40N3+. The maximum absolute atomic E-state index is 2.44. The zero-order valence-electron chi connectivity index (χ0n) is 20.4. The molecule has 0 aliphatic carbocycles. The van der Waals surface area contributed by atoms with Crippen molar-refractivity contribution in [2.24, 2.45) is 0 Å². The molecule has 1 aliphatic rings. The van der Waals surface area contributed by atoms with E-state index in [9.17, 15) is 0 Å². The van der Waals surface area contributed by atoms with E-state index in [0.717, 1.165) is 13.1 Å². The highest BCUT2D eigenvalue weighted by Gasteiger charge is 2.42. The third-order valence-electron chi connectivity index (χ3n) is 6.67. The van der Waals surface area contributed by atoms with E-state index in [4.69, 9.17) is 0 Å². The van der Waals surface area contributed by atoms with E-state index in [0.29, 0.717) is 0 Å². The largest absolute Gasteiger partial charge is 0.373 e. The van der Waals surface area contributed by atoms with Gasteiger partial charge in [0, 0.05) is 43.5 Å². The third-order valence-corrected chi connectivity index (χ3v) is 6.67. The fraction of sp³-hybridized carbons (Fsp3) is 0.464. The van der Waals surface area contributed by atoms with Crippen LogP contribution in [0.25, 0.3) is 6.08 Å². The van der Waals surface area contributed by atoms with Crippen LogP contribution in [-0.4, -0.2) is 56.0 Å². The lowest BCUT2D eigenvalue weighted by molar-refractivity contribution is -0.401. The zero-order valence-corrected chi connectivity index (χ0v) is 20.4. The lowest BCUT2D eigenvalue weighted by Gasteiger charge is -2.23. The van der Waals surface area contributed by atoms with Crippen LogP contribution in [0.5, 0.6) is 0 Å². The molecule has 2 aromatic carbocycles. The zero-order chi connectivity index (χ0) is 22.4. The SMILES string of the molecule is CCCCCN(C)CCN(C)c1ccc(/C=C/C2=[N+](C)c3ccccc3C2(C)C)cc1. The molecule has 0 radical (unpaired) electrons. The van der Waals surface area contributed by atoms with Crippen LogP contribution in [-0.2, 0) is 5.41 Å². The first-order valence-corrected chi connectivity index (χ1v) is 11.7. The first-order chi connectivity index (χ1) is 14.8. The van der Waals surface area contributed by atoms with Crippen LogP contribution in [0.2, 0.25) is 0 Å². The van der Waals surface area contributed by atoms with Gasteiger partial charge in [-0.15, -0.1) is 0 Å². The number of hydrogen-bond acceptors (Lipinski definition) is 2. The summed E-state index contributed by atoms with van der Waals surface area (Å²) in [6.07, 6.45) is 8.43. The van der Waals surface area contributed by atoms with Crippen LogP contribution in [0.1, 0.15) is 51.2 Å². The van der Waals surface area contributed by atoms with Crippen molar-refractivity contribution in [3.63, 3.8) is 0 Å². The standard InChI is InChI=1S/C28H40N3/c1-7-8-11-20-29(4)21-22-30(5)24-17-14-23(15-18-24)16-19-27-28(2,3)25-12-9-10-13-26(25)31(27)6/h9-10,12-19H,7-8,11,20-22H2,1-6H3/q+1. The number of rotatable bonds is 10. The smallest absolute Gasteiger partial charge is 0.209 e. The van der Waals surface area contributed by atoms with E-state index >= 15 is 0 Å². The summed E-state index contributed by atoms with van der Waals surface area (Å²) < 4.78 is 2.32. The Bertz CT molecular complexity index is 922. The first-order valence-electron chi connectivity index (χ1n) is 11.7. The molecule has 0 bridgehead atoms. The van der Waals surface area contributed by atoms with Crippen LogP contribution < -0.4 is 4.90 Å². The van der Waals surface area contributed by atoms with Crippen molar-refractivity contribution in [3.05, 3.63) is 65.7 Å². The third kappa shape index (κ3) is 5.46. The van der Waals surface area contributed by atoms with Crippen LogP contribution in [0, 0.1) is 0 Å². The van der Waals surface area contributed by atoms with Gasteiger partial charge in [-0.25, -0.2) is 0 Å². The summed E-state index contributed by atoms with van der Waals surface area (Å²) >= 11 is 0. The minimum absolute atomic E-state index is 0.0190. The molecule has 3 nitrogen and oxygen atoms in total. The minimum atomic E-state index is 0.0190. The molecule has 0 fully saturated rings. The van der Waals surface area contributed by atoms with Gasteiger partial charge in [0.1, 0.15) is 7.05 Å². The van der Waals surface area contributed by atoms with Crippen molar-refractivity contribution in [2.75, 3.05) is 45.7 Å². The van der Waals surface area contributed by atoms with E-state index in [1.807, 2.05) is 0 Å². The molecule has 3 rings (SSSR count). The maximum Gasteiger partial charge on any atom is 0.209 e. The van der Waals surface area contributed by atoms with Crippen molar-refractivity contribution in [1.82, 2.24) is 4.90 Å². The Morgan fingerprint density at radius 2 is 1.58 bits per heavy atom. The first kappa shape index (κ1) is 23.3. The number of unbranched alkanes of at least 4 members (excludes halogenated alkanes) is 2. The molecule has 0 N–H and O–H groups in total. The van der Waals surface area contributed by atoms with Crippen molar-refractivity contribution < 1.29 is 4.58 Å². The van der Waals surface area contributed by atoms with Crippen molar-refractivity contribution in [1.29, 1.82) is 0 Å². The number of allylic oxidation sites excluding steroid dienone is 1. The van der Waals surface area contributed by atoms with Gasteiger partial charge < -0.3 is 9.80 Å². The number of nitrogens with zero attached hydrogens (tertiary/aromatic N) is 3. The van der Waals surface area contributed by atoms with Crippen molar-refractivity contribution in [2.45, 2.75) is 45.4 Å². The average Bonchev–Trinajstić information content (AvgIpc) is 2.96. The molecule has 31 heavy (non-hydrogen) atoms. The Kier molecular flexibility index (Phi) is 7.72. The Balaban J connectivity index is 1.61. The summed E-state index contributed by atoms with van der Waals surface area (Å²) in [6.45, 7) is 10.2. The van der Waals surface area contributed by atoms with Crippen LogP contribution in [0.4, 0.5) is 11.4 Å². The van der Waals surface area contributed by atoms with Crippen molar-refractivity contribution >= 4 is 23.2 Å². The van der Waals surface area contributed by atoms with E-state index in [1.165, 1.54) is 54.0 Å². The van der Waals surface area contributed by atoms with Gasteiger partial charge in [-0.2, -0.15) is 4.58 Å². The number of hydrogen-bond donors (Lipinski definition) is 0. The van der Waals surface area contributed by atoms with Gasteiger partial charge in [-0.3, -0.25) is 0 Å². The number of anilines is 1. The maximum atomic E-state index is 2.44. The van der Waals surface area contributed by atoms with Crippen LogP contribution in [0.15, 0.2) is 54.6 Å². The molecule has 0 aromatic heterocycles. The Morgan fingerprint density at radius 3 is 2.26 bits per heavy atom. The summed E-state index contributed by atoms with van der Waals surface area (Å²) in [6, 6.07) is 17.6.